The van der Waals surface area contributed by atoms with Gasteiger partial charge in [-0.2, -0.15) is 0 Å². The molecule has 6 nitrogen and oxygen atoms in total. The van der Waals surface area contributed by atoms with E-state index in [9.17, 15) is 0 Å². The molecule has 0 spiro atoms. The summed E-state index contributed by atoms with van der Waals surface area (Å²) in [6.45, 7) is 0. The summed E-state index contributed by atoms with van der Waals surface area (Å²) in [5.41, 5.74) is 10.4. The lowest BCUT2D eigenvalue weighted by atomic mass is 10.1. The summed E-state index contributed by atoms with van der Waals surface area (Å²) in [6, 6.07) is 59.3. The van der Waals surface area contributed by atoms with Crippen molar-refractivity contribution in [3.8, 4) is 34.4 Å². The summed E-state index contributed by atoms with van der Waals surface area (Å²) in [5, 5.41) is 2.23. The zero-order chi connectivity index (χ0) is 34.2. The monoisotopic (exact) mass is 670 g/mol. The van der Waals surface area contributed by atoms with Crippen molar-refractivity contribution in [3.63, 3.8) is 0 Å². The fourth-order valence-corrected chi connectivity index (χ4v) is 7.72. The highest BCUT2D eigenvalue weighted by atomic mass is 16.5. The molecule has 9 aromatic rings. The number of anilines is 6. The topological polar surface area (TPSA) is 34.8 Å². The molecule has 0 amide bonds. The Balaban J connectivity index is 1.10. The van der Waals surface area contributed by atoms with E-state index in [0.717, 1.165) is 90.3 Å². The second-order valence-corrected chi connectivity index (χ2v) is 13.1. The number of nitrogens with zero attached hydrogens (tertiary/aromatic N) is 4. The predicted octanol–water partition coefficient (Wildman–Crippen LogP) is 12.7. The summed E-state index contributed by atoms with van der Waals surface area (Å²) >= 11 is 0. The molecular weight excluding hydrogens is 641 g/mol. The van der Waals surface area contributed by atoms with E-state index in [-0.39, 0.29) is 0 Å². The van der Waals surface area contributed by atoms with Crippen LogP contribution in [0.2, 0.25) is 0 Å². The summed E-state index contributed by atoms with van der Waals surface area (Å²) in [5.74, 6) is 3.25. The third-order valence-electron chi connectivity index (χ3n) is 10.1. The zero-order valence-electron chi connectivity index (χ0n) is 27.9. The Morgan fingerprint density at radius 3 is 1.21 bits per heavy atom. The van der Waals surface area contributed by atoms with Crippen LogP contribution in [0.25, 0.3) is 33.2 Å². The van der Waals surface area contributed by atoms with Crippen LogP contribution in [-0.2, 0) is 0 Å². The molecule has 7 aromatic carbocycles. The predicted molar refractivity (Wildman–Crippen MR) is 210 cm³/mol. The number of fused-ring (bicyclic) bond motifs is 6. The van der Waals surface area contributed by atoms with Crippen LogP contribution >= 0.6 is 0 Å². The maximum atomic E-state index is 6.59. The van der Waals surface area contributed by atoms with Crippen LogP contribution in [0.3, 0.4) is 0 Å². The highest BCUT2D eigenvalue weighted by molar-refractivity contribution is 5.98. The van der Waals surface area contributed by atoms with E-state index >= 15 is 0 Å². The van der Waals surface area contributed by atoms with Gasteiger partial charge in [0.15, 0.2) is 23.0 Å². The molecule has 0 N–H and O–H groups in total. The molecule has 0 unspecified atom stereocenters. The average molecular weight is 671 g/mol. The summed E-state index contributed by atoms with van der Waals surface area (Å²) < 4.78 is 17.7. The number of benzene rings is 7. The smallest absolute Gasteiger partial charge is 0.152 e. The fourth-order valence-electron chi connectivity index (χ4n) is 7.72. The molecule has 246 valence electrons. The van der Waals surface area contributed by atoms with Gasteiger partial charge in [0.25, 0.3) is 0 Å². The van der Waals surface area contributed by atoms with Crippen molar-refractivity contribution in [3.05, 3.63) is 182 Å². The van der Waals surface area contributed by atoms with Crippen LogP contribution in [0.15, 0.2) is 182 Å². The summed E-state index contributed by atoms with van der Waals surface area (Å²) in [4.78, 5) is 4.63. The van der Waals surface area contributed by atoms with Crippen molar-refractivity contribution < 1.29 is 9.47 Å². The van der Waals surface area contributed by atoms with Crippen LogP contribution in [0.1, 0.15) is 0 Å². The van der Waals surface area contributed by atoms with Crippen LogP contribution < -0.4 is 19.3 Å². The Bertz CT molecular complexity index is 2630. The Morgan fingerprint density at radius 2 is 0.731 bits per heavy atom. The van der Waals surface area contributed by atoms with Crippen molar-refractivity contribution in [1.82, 2.24) is 9.13 Å². The Kier molecular flexibility index (Phi) is 6.15. The first-order valence-electron chi connectivity index (χ1n) is 17.4. The van der Waals surface area contributed by atoms with E-state index in [4.69, 9.17) is 9.47 Å². The van der Waals surface area contributed by atoms with Gasteiger partial charge in [0.1, 0.15) is 0 Å². The summed E-state index contributed by atoms with van der Waals surface area (Å²) in [6.07, 6.45) is 4.25. The van der Waals surface area contributed by atoms with Gasteiger partial charge in [-0.15, -0.1) is 0 Å². The van der Waals surface area contributed by atoms with Crippen molar-refractivity contribution in [2.75, 3.05) is 9.80 Å². The molecule has 2 aliphatic rings. The Labute approximate surface area is 300 Å². The van der Waals surface area contributed by atoms with Crippen LogP contribution in [0, 0.1) is 0 Å². The van der Waals surface area contributed by atoms with Crippen LogP contribution in [0.5, 0.6) is 23.0 Å². The molecule has 0 radical (unpaired) electrons. The number of aromatic nitrogens is 2. The molecule has 0 saturated carbocycles. The van der Waals surface area contributed by atoms with Gasteiger partial charge in [-0.3, -0.25) is 0 Å². The minimum Gasteiger partial charge on any atom is -0.453 e. The largest absolute Gasteiger partial charge is 0.453 e. The first kappa shape index (κ1) is 28.6. The average Bonchev–Trinajstić information content (AvgIpc) is 3.81. The minimum atomic E-state index is 0.813. The number of hydrogen-bond donors (Lipinski definition) is 0. The lowest BCUT2D eigenvalue weighted by Gasteiger charge is -2.35. The van der Waals surface area contributed by atoms with Gasteiger partial charge >= 0.3 is 0 Å². The maximum Gasteiger partial charge on any atom is 0.152 e. The van der Waals surface area contributed by atoms with Gasteiger partial charge in [-0.25, -0.2) is 0 Å². The third kappa shape index (κ3) is 4.38. The minimum absolute atomic E-state index is 0.813. The van der Waals surface area contributed by atoms with Gasteiger partial charge in [0, 0.05) is 45.9 Å². The van der Waals surface area contributed by atoms with E-state index in [1.165, 1.54) is 0 Å². The van der Waals surface area contributed by atoms with E-state index in [1.807, 2.05) is 36.4 Å². The van der Waals surface area contributed by atoms with E-state index in [2.05, 4.69) is 165 Å². The number of ether oxygens (including phenoxy) is 2. The van der Waals surface area contributed by atoms with Gasteiger partial charge in [-0.1, -0.05) is 66.7 Å². The van der Waals surface area contributed by atoms with E-state index in [1.54, 1.807) is 0 Å². The zero-order valence-corrected chi connectivity index (χ0v) is 27.9. The molecule has 0 fully saturated rings. The van der Waals surface area contributed by atoms with E-state index < -0.39 is 0 Å². The Hall–Kier alpha value is -7.18. The molecule has 11 rings (SSSR count). The SMILES string of the molecule is c1ccc(-n2ccc3cc4c(cc32)N(c2cccc(N3c5ccccc5Oc5cc6ccn(-c7ccccc7)c6cc53)c2)c2ccccc2O4)cc1. The molecule has 52 heavy (non-hydrogen) atoms. The number of rotatable bonds is 4. The first-order valence-corrected chi connectivity index (χ1v) is 17.4. The Morgan fingerprint density at radius 1 is 0.308 bits per heavy atom. The van der Waals surface area contributed by atoms with Crippen LogP contribution in [0.4, 0.5) is 34.1 Å². The van der Waals surface area contributed by atoms with Crippen molar-refractivity contribution in [2.24, 2.45) is 0 Å². The second-order valence-electron chi connectivity index (χ2n) is 13.1. The quantitative estimate of drug-likeness (QED) is 0.187. The second kappa shape index (κ2) is 11.2. The first-order chi connectivity index (χ1) is 25.8. The standard InChI is InChI=1S/C46H30N4O2/c1-3-12-33(13-4-1)47-24-22-31-26-45-41(29-39(31)47)49(37-18-7-9-20-43(37)51-45)35-16-11-17-36(28-35)50-38-19-8-10-21-44(38)52-46-27-32-23-25-48(40(32)30-42(46)50)34-14-5-2-6-15-34/h1-30H. The molecule has 0 atom stereocenters. The molecule has 0 saturated heterocycles. The molecule has 4 heterocycles. The number of hydrogen-bond acceptors (Lipinski definition) is 4. The van der Waals surface area contributed by atoms with Crippen molar-refractivity contribution >= 4 is 55.9 Å². The number of para-hydroxylation sites is 6. The van der Waals surface area contributed by atoms with Crippen molar-refractivity contribution in [2.45, 2.75) is 0 Å². The summed E-state index contributed by atoms with van der Waals surface area (Å²) in [7, 11) is 0. The molecule has 0 aliphatic carbocycles. The van der Waals surface area contributed by atoms with Gasteiger partial charge in [0.05, 0.1) is 33.8 Å². The molecule has 6 heteroatoms. The van der Waals surface area contributed by atoms with Gasteiger partial charge in [0.2, 0.25) is 0 Å². The maximum absolute atomic E-state index is 6.59. The highest BCUT2D eigenvalue weighted by Crippen LogP contribution is 2.55. The van der Waals surface area contributed by atoms with Gasteiger partial charge < -0.3 is 28.4 Å². The lowest BCUT2D eigenvalue weighted by Crippen LogP contribution is -2.18. The normalized spacial score (nSPS) is 12.8. The van der Waals surface area contributed by atoms with Gasteiger partial charge in [-0.05, 0) is 103 Å². The third-order valence-corrected chi connectivity index (χ3v) is 10.1. The fraction of sp³-hybridized carbons (Fsp3) is 0. The van der Waals surface area contributed by atoms with Crippen molar-refractivity contribution in [1.29, 1.82) is 0 Å². The van der Waals surface area contributed by atoms with E-state index in [0.29, 0.717) is 0 Å². The molecular formula is C46H30N4O2. The van der Waals surface area contributed by atoms with Crippen LogP contribution in [-0.4, -0.2) is 9.13 Å². The highest BCUT2D eigenvalue weighted by Gasteiger charge is 2.30. The molecule has 0 bridgehead atoms. The molecule has 2 aliphatic heterocycles. The molecule has 2 aromatic heterocycles. The lowest BCUT2D eigenvalue weighted by molar-refractivity contribution is 0.477.